The van der Waals surface area contributed by atoms with Crippen LogP contribution in [-0.4, -0.2) is 43.4 Å². The van der Waals surface area contributed by atoms with Gasteiger partial charge in [-0.2, -0.15) is 13.2 Å². The van der Waals surface area contributed by atoms with Gasteiger partial charge in [0.25, 0.3) is 0 Å². The number of hydrogen-bond acceptors (Lipinski definition) is 7. The summed E-state index contributed by atoms with van der Waals surface area (Å²) < 4.78 is 41.1. The predicted octanol–water partition coefficient (Wildman–Crippen LogP) is 3.58. The topological polar surface area (TPSA) is 92.6 Å². The highest BCUT2D eigenvalue weighted by atomic mass is 32.1. The first-order valence-corrected chi connectivity index (χ1v) is 10.00. The summed E-state index contributed by atoms with van der Waals surface area (Å²) in [6.45, 7) is 1.85. The van der Waals surface area contributed by atoms with Gasteiger partial charge in [-0.3, -0.25) is 0 Å². The second-order valence-corrected chi connectivity index (χ2v) is 8.65. The minimum Gasteiger partial charge on any atom is -0.390 e. The molecule has 0 aromatic carbocycles. The molecule has 1 saturated carbocycles. The lowest BCUT2D eigenvalue weighted by molar-refractivity contribution is -0.137. The first-order chi connectivity index (χ1) is 13.5. The smallest absolute Gasteiger partial charge is 0.390 e. The van der Waals surface area contributed by atoms with Gasteiger partial charge in [0.15, 0.2) is 0 Å². The van der Waals surface area contributed by atoms with E-state index in [4.69, 9.17) is 5.73 Å². The third-order valence-corrected chi connectivity index (χ3v) is 6.49. The second kappa shape index (κ2) is 6.84. The number of fused-ring (bicyclic) bond motifs is 1. The van der Waals surface area contributed by atoms with E-state index in [1.807, 2.05) is 14.0 Å². The molecule has 1 aliphatic carbocycles. The van der Waals surface area contributed by atoms with E-state index in [2.05, 4.69) is 20.0 Å². The van der Waals surface area contributed by atoms with Crippen LogP contribution in [0.15, 0.2) is 18.5 Å². The molecule has 3 heterocycles. The number of pyridine rings is 1. The lowest BCUT2D eigenvalue weighted by Gasteiger charge is -2.37. The molecule has 3 aromatic rings. The summed E-state index contributed by atoms with van der Waals surface area (Å²) in [5, 5.41) is 15.4. The molecule has 11 heteroatoms. The van der Waals surface area contributed by atoms with Gasteiger partial charge in [-0.05, 0) is 38.7 Å². The fourth-order valence-corrected chi connectivity index (χ4v) is 4.54. The molecule has 0 unspecified atom stereocenters. The Labute approximate surface area is 169 Å². The van der Waals surface area contributed by atoms with Crippen LogP contribution in [0.5, 0.6) is 0 Å². The van der Waals surface area contributed by atoms with E-state index < -0.39 is 23.2 Å². The molecule has 0 saturated heterocycles. The molecule has 4 rings (SSSR count). The van der Waals surface area contributed by atoms with Crippen LogP contribution >= 0.6 is 11.3 Å². The van der Waals surface area contributed by atoms with Gasteiger partial charge in [0.05, 0.1) is 23.1 Å². The van der Waals surface area contributed by atoms with E-state index in [0.717, 1.165) is 24.0 Å². The van der Waals surface area contributed by atoms with E-state index in [-0.39, 0.29) is 11.6 Å². The largest absolute Gasteiger partial charge is 0.419 e. The van der Waals surface area contributed by atoms with Crippen molar-refractivity contribution in [3.8, 4) is 11.3 Å². The number of rotatable bonds is 3. The van der Waals surface area contributed by atoms with Crippen molar-refractivity contribution in [1.29, 1.82) is 0 Å². The molecule has 0 bridgehead atoms. The molecule has 156 valence electrons. The highest BCUT2D eigenvalue weighted by Gasteiger charge is 2.35. The number of aliphatic hydroxyl groups is 1. The molecule has 29 heavy (non-hydrogen) atoms. The summed E-state index contributed by atoms with van der Waals surface area (Å²) in [5.41, 5.74) is 4.45. The lowest BCUT2D eigenvalue weighted by atomic mass is 9.83. The van der Waals surface area contributed by atoms with E-state index in [9.17, 15) is 18.3 Å². The van der Waals surface area contributed by atoms with Crippen LogP contribution in [0.3, 0.4) is 0 Å². The van der Waals surface area contributed by atoms with Crippen LogP contribution in [0.4, 0.5) is 24.1 Å². The fraction of sp³-hybridized carbons (Fsp3) is 0.500. The standard InChI is InChI=1S/C18H21F3N6OS/c1-17(28)5-3-11(4-6-17)26(2)16-25-27-13(9-24-15(27)29-16)10-7-12(18(19,20)21)14(22)23-8-10/h7-9,11,28H,3-6H2,1-2H3,(H2,22,23). The Hall–Kier alpha value is -2.40. The number of nitrogens with two attached hydrogens (primary N) is 1. The molecular weight excluding hydrogens is 405 g/mol. The molecular formula is C18H21F3N6OS. The van der Waals surface area contributed by atoms with Crippen molar-refractivity contribution < 1.29 is 18.3 Å². The minimum atomic E-state index is -4.59. The van der Waals surface area contributed by atoms with Crippen molar-refractivity contribution in [1.82, 2.24) is 19.6 Å². The lowest BCUT2D eigenvalue weighted by Crippen LogP contribution is -2.40. The van der Waals surface area contributed by atoms with E-state index >= 15 is 0 Å². The average Bonchev–Trinajstić information content (AvgIpc) is 3.21. The van der Waals surface area contributed by atoms with Gasteiger partial charge in [-0.25, -0.2) is 14.5 Å². The third kappa shape index (κ3) is 3.76. The number of nitrogen functional groups attached to an aromatic ring is 1. The normalized spacial score (nSPS) is 22.9. The van der Waals surface area contributed by atoms with Crippen LogP contribution in [0.25, 0.3) is 16.2 Å². The van der Waals surface area contributed by atoms with E-state index in [1.165, 1.54) is 28.2 Å². The number of nitrogens with zero attached hydrogens (tertiary/aromatic N) is 5. The highest BCUT2D eigenvalue weighted by Crippen LogP contribution is 2.37. The number of anilines is 2. The van der Waals surface area contributed by atoms with Gasteiger partial charge in [0.2, 0.25) is 10.1 Å². The summed E-state index contributed by atoms with van der Waals surface area (Å²) >= 11 is 1.36. The van der Waals surface area contributed by atoms with Crippen LogP contribution < -0.4 is 10.6 Å². The van der Waals surface area contributed by atoms with E-state index in [1.54, 1.807) is 0 Å². The maximum Gasteiger partial charge on any atom is 0.419 e. The Morgan fingerprint density at radius 3 is 2.62 bits per heavy atom. The first-order valence-electron chi connectivity index (χ1n) is 9.18. The summed E-state index contributed by atoms with van der Waals surface area (Å²) in [5.74, 6) is -0.561. The Kier molecular flexibility index (Phi) is 4.69. The highest BCUT2D eigenvalue weighted by molar-refractivity contribution is 7.20. The molecule has 0 atom stereocenters. The van der Waals surface area contributed by atoms with Crippen molar-refractivity contribution in [2.75, 3.05) is 17.7 Å². The first kappa shape index (κ1) is 19.9. The molecule has 0 aliphatic heterocycles. The molecule has 0 spiro atoms. The zero-order chi connectivity index (χ0) is 21.0. The Morgan fingerprint density at radius 1 is 1.28 bits per heavy atom. The summed E-state index contributed by atoms with van der Waals surface area (Å²) in [6, 6.07) is 1.21. The zero-order valence-corrected chi connectivity index (χ0v) is 16.8. The predicted molar refractivity (Wildman–Crippen MR) is 105 cm³/mol. The van der Waals surface area contributed by atoms with Crippen molar-refractivity contribution in [2.24, 2.45) is 0 Å². The van der Waals surface area contributed by atoms with Crippen LogP contribution in [0.2, 0.25) is 0 Å². The van der Waals surface area contributed by atoms with Gasteiger partial charge in [0.1, 0.15) is 5.82 Å². The van der Waals surface area contributed by atoms with Crippen LogP contribution in [-0.2, 0) is 6.18 Å². The minimum absolute atomic E-state index is 0.240. The monoisotopic (exact) mass is 426 g/mol. The molecule has 1 aliphatic rings. The van der Waals surface area contributed by atoms with Crippen LogP contribution in [0.1, 0.15) is 38.2 Å². The van der Waals surface area contributed by atoms with Crippen molar-refractivity contribution in [3.63, 3.8) is 0 Å². The maximum atomic E-state index is 13.2. The number of imidazole rings is 1. The Balaban J connectivity index is 1.65. The van der Waals surface area contributed by atoms with Crippen LogP contribution in [0, 0.1) is 0 Å². The SMILES string of the molecule is CN(c1nn2c(-c3cnc(N)c(C(F)(F)F)c3)cnc2s1)C1CCC(C)(O)CC1. The number of alkyl halides is 3. The Bertz CT molecular complexity index is 1030. The molecule has 0 radical (unpaired) electrons. The molecule has 3 aromatic heterocycles. The molecule has 0 amide bonds. The van der Waals surface area contributed by atoms with Crippen molar-refractivity contribution >= 4 is 27.2 Å². The summed E-state index contributed by atoms with van der Waals surface area (Å²) in [4.78, 5) is 10.6. The van der Waals surface area contributed by atoms with Gasteiger partial charge in [-0.15, -0.1) is 5.10 Å². The third-order valence-electron chi connectivity index (χ3n) is 5.48. The van der Waals surface area contributed by atoms with Gasteiger partial charge in [-0.1, -0.05) is 11.3 Å². The zero-order valence-electron chi connectivity index (χ0n) is 15.9. The average molecular weight is 426 g/mol. The summed E-state index contributed by atoms with van der Waals surface area (Å²) in [6.07, 6.45) is 1.30. The van der Waals surface area contributed by atoms with Crippen molar-refractivity contribution in [2.45, 2.75) is 50.4 Å². The quantitative estimate of drug-likeness (QED) is 0.665. The molecule has 1 fully saturated rings. The van der Waals surface area contributed by atoms with Crippen molar-refractivity contribution in [3.05, 3.63) is 24.0 Å². The number of hydrogen-bond donors (Lipinski definition) is 2. The summed E-state index contributed by atoms with van der Waals surface area (Å²) in [7, 11) is 1.94. The van der Waals surface area contributed by atoms with Gasteiger partial charge >= 0.3 is 6.18 Å². The second-order valence-electron chi connectivity index (χ2n) is 7.72. The van der Waals surface area contributed by atoms with E-state index in [0.29, 0.717) is 23.5 Å². The van der Waals surface area contributed by atoms with Gasteiger partial charge < -0.3 is 15.7 Å². The fourth-order valence-electron chi connectivity index (χ4n) is 3.63. The maximum absolute atomic E-state index is 13.2. The number of halogens is 3. The van der Waals surface area contributed by atoms with Gasteiger partial charge in [0, 0.05) is 24.8 Å². The number of aromatic nitrogens is 4. The molecule has 7 nitrogen and oxygen atoms in total. The Morgan fingerprint density at radius 2 is 1.97 bits per heavy atom. The molecule has 3 N–H and O–H groups in total.